The summed E-state index contributed by atoms with van der Waals surface area (Å²) in [6.45, 7) is 1.47. The Bertz CT molecular complexity index is 701. The maximum absolute atomic E-state index is 13.0. The van der Waals surface area contributed by atoms with E-state index in [9.17, 15) is 9.59 Å². The third-order valence-electron chi connectivity index (χ3n) is 5.49. The van der Waals surface area contributed by atoms with Gasteiger partial charge in [-0.3, -0.25) is 9.59 Å². The number of hydrogen-bond acceptors (Lipinski definition) is 5. The van der Waals surface area contributed by atoms with Crippen LogP contribution in [0.4, 0.5) is 5.69 Å². The van der Waals surface area contributed by atoms with Crippen molar-refractivity contribution in [2.75, 3.05) is 32.6 Å². The van der Waals surface area contributed by atoms with Gasteiger partial charge in [0, 0.05) is 31.1 Å². The second-order valence-corrected chi connectivity index (χ2v) is 7.36. The highest BCUT2D eigenvalue weighted by Crippen LogP contribution is 2.35. The molecule has 1 saturated carbocycles. The zero-order valence-corrected chi connectivity index (χ0v) is 16.1. The SMILES string of the molecule is COc1cc(NC(=O)C2CCCC(N)C2)c(C(=O)N2CCCC2)cc1OC. The van der Waals surface area contributed by atoms with E-state index in [0.717, 1.165) is 45.2 Å². The van der Waals surface area contributed by atoms with Crippen molar-refractivity contribution in [2.45, 2.75) is 44.6 Å². The number of nitrogens with two attached hydrogens (primary N) is 1. The van der Waals surface area contributed by atoms with Gasteiger partial charge >= 0.3 is 0 Å². The predicted molar refractivity (Wildman–Crippen MR) is 103 cm³/mol. The Kier molecular flexibility index (Phi) is 6.21. The van der Waals surface area contributed by atoms with Gasteiger partial charge in [-0.25, -0.2) is 0 Å². The molecular weight excluding hydrogens is 346 g/mol. The van der Waals surface area contributed by atoms with E-state index in [1.807, 2.05) is 4.90 Å². The van der Waals surface area contributed by atoms with Crippen LogP contribution in [0.2, 0.25) is 0 Å². The molecule has 1 aliphatic carbocycles. The monoisotopic (exact) mass is 375 g/mol. The highest BCUT2D eigenvalue weighted by atomic mass is 16.5. The lowest BCUT2D eigenvalue weighted by Gasteiger charge is -2.26. The van der Waals surface area contributed by atoms with Crippen LogP contribution in [0.15, 0.2) is 12.1 Å². The Morgan fingerprint density at radius 1 is 1.07 bits per heavy atom. The first kappa shape index (κ1) is 19.5. The molecule has 2 aliphatic rings. The molecule has 2 atom stereocenters. The van der Waals surface area contributed by atoms with Gasteiger partial charge in [-0.2, -0.15) is 0 Å². The second kappa shape index (κ2) is 8.61. The molecule has 7 heteroatoms. The van der Waals surface area contributed by atoms with Crippen LogP contribution in [-0.4, -0.2) is 50.1 Å². The van der Waals surface area contributed by atoms with Crippen LogP contribution in [0.5, 0.6) is 11.5 Å². The number of anilines is 1. The van der Waals surface area contributed by atoms with Crippen LogP contribution in [0.25, 0.3) is 0 Å². The number of carbonyl (C=O) groups is 2. The van der Waals surface area contributed by atoms with Gasteiger partial charge in [0.1, 0.15) is 0 Å². The Labute approximate surface area is 160 Å². The molecule has 7 nitrogen and oxygen atoms in total. The number of ether oxygens (including phenoxy) is 2. The molecule has 3 N–H and O–H groups in total. The second-order valence-electron chi connectivity index (χ2n) is 7.36. The fraction of sp³-hybridized carbons (Fsp3) is 0.600. The fourth-order valence-corrected chi connectivity index (χ4v) is 3.95. The highest BCUT2D eigenvalue weighted by molar-refractivity contribution is 6.05. The number of carbonyl (C=O) groups excluding carboxylic acids is 2. The van der Waals surface area contributed by atoms with E-state index in [2.05, 4.69) is 5.32 Å². The van der Waals surface area contributed by atoms with Gasteiger partial charge in [-0.05, 0) is 38.2 Å². The molecule has 1 heterocycles. The Morgan fingerprint density at radius 3 is 2.37 bits per heavy atom. The normalized spacial score (nSPS) is 22.4. The summed E-state index contributed by atoms with van der Waals surface area (Å²) >= 11 is 0. The van der Waals surface area contributed by atoms with E-state index in [4.69, 9.17) is 15.2 Å². The van der Waals surface area contributed by atoms with Crippen molar-refractivity contribution in [1.29, 1.82) is 0 Å². The quantitative estimate of drug-likeness (QED) is 0.824. The summed E-state index contributed by atoms with van der Waals surface area (Å²) in [5, 5.41) is 2.95. The molecule has 2 unspecified atom stereocenters. The molecule has 2 fully saturated rings. The first-order chi connectivity index (χ1) is 13.0. The highest BCUT2D eigenvalue weighted by Gasteiger charge is 2.28. The topological polar surface area (TPSA) is 93.9 Å². The number of amides is 2. The number of benzene rings is 1. The summed E-state index contributed by atoms with van der Waals surface area (Å²) in [5.74, 6) is 0.636. The predicted octanol–water partition coefficient (Wildman–Crippen LogP) is 2.40. The molecule has 0 aromatic heterocycles. The Morgan fingerprint density at radius 2 is 1.74 bits per heavy atom. The number of likely N-dealkylation sites (tertiary alicyclic amines) is 1. The molecule has 0 bridgehead atoms. The summed E-state index contributed by atoms with van der Waals surface area (Å²) in [5.41, 5.74) is 6.92. The maximum Gasteiger partial charge on any atom is 0.256 e. The zero-order valence-electron chi connectivity index (χ0n) is 16.1. The first-order valence-corrected chi connectivity index (χ1v) is 9.65. The number of nitrogens with one attached hydrogen (secondary N) is 1. The van der Waals surface area contributed by atoms with E-state index in [-0.39, 0.29) is 23.8 Å². The zero-order chi connectivity index (χ0) is 19.4. The molecule has 1 saturated heterocycles. The molecule has 0 spiro atoms. The molecule has 27 heavy (non-hydrogen) atoms. The number of rotatable bonds is 5. The summed E-state index contributed by atoms with van der Waals surface area (Å²) in [6, 6.07) is 3.38. The van der Waals surface area contributed by atoms with Gasteiger partial charge in [-0.1, -0.05) is 6.42 Å². The van der Waals surface area contributed by atoms with Crippen molar-refractivity contribution < 1.29 is 19.1 Å². The van der Waals surface area contributed by atoms with Crippen LogP contribution < -0.4 is 20.5 Å². The Balaban J connectivity index is 1.89. The number of methoxy groups -OCH3 is 2. The molecule has 0 radical (unpaired) electrons. The van der Waals surface area contributed by atoms with Gasteiger partial charge in [0.25, 0.3) is 5.91 Å². The van der Waals surface area contributed by atoms with Crippen molar-refractivity contribution in [2.24, 2.45) is 11.7 Å². The average Bonchev–Trinajstić information content (AvgIpc) is 3.21. The van der Waals surface area contributed by atoms with E-state index < -0.39 is 0 Å². The first-order valence-electron chi connectivity index (χ1n) is 9.65. The number of hydrogen-bond donors (Lipinski definition) is 2. The lowest BCUT2D eigenvalue weighted by atomic mass is 9.85. The standard InChI is InChI=1S/C20H29N3O4/c1-26-17-11-15(20(25)23-8-3-4-9-23)16(12-18(17)27-2)22-19(24)13-6-5-7-14(21)10-13/h11-14H,3-10,21H2,1-2H3,(H,22,24). The lowest BCUT2D eigenvalue weighted by molar-refractivity contribution is -0.120. The van der Waals surface area contributed by atoms with Crippen LogP contribution in [-0.2, 0) is 4.79 Å². The molecule has 3 rings (SSSR count). The van der Waals surface area contributed by atoms with Crippen LogP contribution >= 0.6 is 0 Å². The minimum absolute atomic E-state index is 0.0607. The molecule has 148 valence electrons. The largest absolute Gasteiger partial charge is 0.493 e. The maximum atomic E-state index is 13.0. The molecule has 1 aromatic carbocycles. The van der Waals surface area contributed by atoms with E-state index in [1.165, 1.54) is 14.2 Å². The van der Waals surface area contributed by atoms with Gasteiger partial charge in [0.15, 0.2) is 11.5 Å². The third kappa shape index (κ3) is 4.35. The van der Waals surface area contributed by atoms with Crippen molar-refractivity contribution in [3.05, 3.63) is 17.7 Å². The van der Waals surface area contributed by atoms with E-state index >= 15 is 0 Å². The summed E-state index contributed by atoms with van der Waals surface area (Å²) in [7, 11) is 3.06. The molecule has 1 aliphatic heterocycles. The van der Waals surface area contributed by atoms with E-state index in [1.54, 1.807) is 12.1 Å². The van der Waals surface area contributed by atoms with Crippen LogP contribution in [0.3, 0.4) is 0 Å². The Hall–Kier alpha value is -2.28. The molecule has 2 amide bonds. The molecular formula is C20H29N3O4. The smallest absolute Gasteiger partial charge is 0.256 e. The lowest BCUT2D eigenvalue weighted by Crippen LogP contribution is -2.35. The number of nitrogens with zero attached hydrogens (tertiary/aromatic N) is 1. The molecule has 1 aromatic rings. The van der Waals surface area contributed by atoms with Crippen molar-refractivity contribution in [3.8, 4) is 11.5 Å². The van der Waals surface area contributed by atoms with Crippen molar-refractivity contribution >= 4 is 17.5 Å². The van der Waals surface area contributed by atoms with Gasteiger partial charge in [0.2, 0.25) is 5.91 Å². The summed E-state index contributed by atoms with van der Waals surface area (Å²) in [6.07, 6.45) is 5.40. The summed E-state index contributed by atoms with van der Waals surface area (Å²) < 4.78 is 10.7. The third-order valence-corrected chi connectivity index (χ3v) is 5.49. The van der Waals surface area contributed by atoms with E-state index in [0.29, 0.717) is 29.2 Å². The summed E-state index contributed by atoms with van der Waals surface area (Å²) in [4.78, 5) is 27.6. The average molecular weight is 375 g/mol. The van der Waals surface area contributed by atoms with Crippen molar-refractivity contribution in [1.82, 2.24) is 4.90 Å². The van der Waals surface area contributed by atoms with Gasteiger partial charge in [-0.15, -0.1) is 0 Å². The minimum Gasteiger partial charge on any atom is -0.493 e. The van der Waals surface area contributed by atoms with Gasteiger partial charge in [0.05, 0.1) is 25.5 Å². The van der Waals surface area contributed by atoms with Gasteiger partial charge < -0.3 is 25.4 Å². The van der Waals surface area contributed by atoms with Crippen LogP contribution in [0.1, 0.15) is 48.9 Å². The van der Waals surface area contributed by atoms with Crippen LogP contribution in [0, 0.1) is 5.92 Å². The van der Waals surface area contributed by atoms with Crippen molar-refractivity contribution in [3.63, 3.8) is 0 Å². The minimum atomic E-state index is -0.128. The fourth-order valence-electron chi connectivity index (χ4n) is 3.95.